The fourth-order valence-electron chi connectivity index (χ4n) is 3.27. The van der Waals surface area contributed by atoms with Gasteiger partial charge in [-0.25, -0.2) is 0 Å². The number of hydrogen-bond acceptors (Lipinski definition) is 3. The van der Waals surface area contributed by atoms with E-state index >= 15 is 0 Å². The van der Waals surface area contributed by atoms with Crippen LogP contribution in [-0.4, -0.2) is 48.1 Å². The molecule has 2 nitrogen and oxygen atoms in total. The molecule has 0 bridgehead atoms. The highest BCUT2D eigenvalue weighted by Gasteiger charge is 2.26. The number of rotatable bonds is 3. The zero-order valence-corrected chi connectivity index (χ0v) is 12.4. The van der Waals surface area contributed by atoms with E-state index in [2.05, 4.69) is 52.3 Å². The van der Waals surface area contributed by atoms with Crippen LogP contribution in [0.4, 0.5) is 0 Å². The standard InChI is InChI=1S/C16H24N2S/c1-2-4-14(5-3-1)12-15-13-18(9-8-17-15)16-6-10-19-11-7-16/h1-5,15-17H,6-13H2. The summed E-state index contributed by atoms with van der Waals surface area (Å²) in [6.07, 6.45) is 3.95. The summed E-state index contributed by atoms with van der Waals surface area (Å²) in [4.78, 5) is 2.74. The molecular formula is C16H24N2S. The largest absolute Gasteiger partial charge is 0.311 e. The smallest absolute Gasteiger partial charge is 0.0236 e. The predicted molar refractivity (Wildman–Crippen MR) is 83.9 cm³/mol. The van der Waals surface area contributed by atoms with Crippen molar-refractivity contribution >= 4 is 11.8 Å². The molecule has 0 radical (unpaired) electrons. The third kappa shape index (κ3) is 3.74. The molecular weight excluding hydrogens is 252 g/mol. The van der Waals surface area contributed by atoms with Gasteiger partial charge >= 0.3 is 0 Å². The number of benzene rings is 1. The fourth-order valence-corrected chi connectivity index (χ4v) is 4.35. The van der Waals surface area contributed by atoms with E-state index in [9.17, 15) is 0 Å². The summed E-state index contributed by atoms with van der Waals surface area (Å²) in [5.74, 6) is 2.72. The van der Waals surface area contributed by atoms with Gasteiger partial charge in [0.15, 0.2) is 0 Å². The molecule has 2 aliphatic rings. The van der Waals surface area contributed by atoms with Crippen LogP contribution in [0.3, 0.4) is 0 Å². The highest BCUT2D eigenvalue weighted by molar-refractivity contribution is 7.99. The first-order valence-corrected chi connectivity index (χ1v) is 8.66. The molecule has 0 saturated carbocycles. The number of thioether (sulfide) groups is 1. The third-order valence-electron chi connectivity index (χ3n) is 4.32. The second kappa shape index (κ2) is 6.78. The molecule has 0 amide bonds. The SMILES string of the molecule is c1ccc(CC2CN(C3CCSCC3)CCN2)cc1. The Balaban J connectivity index is 1.55. The van der Waals surface area contributed by atoms with Gasteiger partial charge < -0.3 is 5.32 Å². The molecule has 2 heterocycles. The minimum atomic E-state index is 0.630. The van der Waals surface area contributed by atoms with Crippen LogP contribution in [0.15, 0.2) is 30.3 Å². The minimum absolute atomic E-state index is 0.630. The lowest BCUT2D eigenvalue weighted by Gasteiger charge is -2.40. The van der Waals surface area contributed by atoms with E-state index in [0.717, 1.165) is 12.6 Å². The lowest BCUT2D eigenvalue weighted by molar-refractivity contribution is 0.136. The Bertz CT molecular complexity index is 376. The Morgan fingerprint density at radius 2 is 1.95 bits per heavy atom. The second-order valence-electron chi connectivity index (χ2n) is 5.68. The zero-order valence-electron chi connectivity index (χ0n) is 11.6. The summed E-state index contributed by atoms with van der Waals surface area (Å²) in [7, 11) is 0. The Morgan fingerprint density at radius 1 is 1.16 bits per heavy atom. The molecule has 1 aromatic carbocycles. The van der Waals surface area contributed by atoms with E-state index in [-0.39, 0.29) is 0 Å². The molecule has 1 atom stereocenters. The second-order valence-corrected chi connectivity index (χ2v) is 6.90. The first-order chi connectivity index (χ1) is 9.42. The van der Waals surface area contributed by atoms with Crippen molar-refractivity contribution in [2.24, 2.45) is 0 Å². The Hall–Kier alpha value is -0.510. The first kappa shape index (κ1) is 13.5. The summed E-state index contributed by atoms with van der Waals surface area (Å²) < 4.78 is 0. The molecule has 1 unspecified atom stereocenters. The van der Waals surface area contributed by atoms with Gasteiger partial charge in [-0.2, -0.15) is 11.8 Å². The maximum Gasteiger partial charge on any atom is 0.0236 e. The van der Waals surface area contributed by atoms with Gasteiger partial charge in [-0.05, 0) is 36.3 Å². The van der Waals surface area contributed by atoms with Crippen LogP contribution in [0.1, 0.15) is 18.4 Å². The Kier molecular flexibility index (Phi) is 4.81. The van der Waals surface area contributed by atoms with Gasteiger partial charge in [-0.15, -0.1) is 0 Å². The summed E-state index contributed by atoms with van der Waals surface area (Å²) in [6.45, 7) is 3.62. The lowest BCUT2D eigenvalue weighted by atomic mass is 10.0. The molecule has 3 rings (SSSR count). The average molecular weight is 276 g/mol. The van der Waals surface area contributed by atoms with Gasteiger partial charge in [0, 0.05) is 31.7 Å². The summed E-state index contributed by atoms with van der Waals surface area (Å²) in [5, 5.41) is 3.69. The first-order valence-electron chi connectivity index (χ1n) is 7.51. The molecule has 3 heteroatoms. The van der Waals surface area contributed by atoms with Crippen molar-refractivity contribution in [3.63, 3.8) is 0 Å². The zero-order chi connectivity index (χ0) is 12.9. The fraction of sp³-hybridized carbons (Fsp3) is 0.625. The Labute approximate surface area is 121 Å². The number of nitrogens with one attached hydrogen (secondary N) is 1. The van der Waals surface area contributed by atoms with Crippen LogP contribution in [0.2, 0.25) is 0 Å². The quantitative estimate of drug-likeness (QED) is 0.912. The molecule has 2 saturated heterocycles. The maximum absolute atomic E-state index is 3.69. The van der Waals surface area contributed by atoms with E-state index in [4.69, 9.17) is 0 Å². The highest BCUT2D eigenvalue weighted by Crippen LogP contribution is 2.23. The number of nitrogens with zero attached hydrogens (tertiary/aromatic N) is 1. The van der Waals surface area contributed by atoms with Crippen LogP contribution in [-0.2, 0) is 6.42 Å². The van der Waals surface area contributed by atoms with E-state index in [1.807, 2.05) is 0 Å². The van der Waals surface area contributed by atoms with E-state index < -0.39 is 0 Å². The minimum Gasteiger partial charge on any atom is -0.311 e. The summed E-state index contributed by atoms with van der Waals surface area (Å²) >= 11 is 2.12. The van der Waals surface area contributed by atoms with E-state index in [0.29, 0.717) is 6.04 Å². The van der Waals surface area contributed by atoms with Gasteiger partial charge in [0.25, 0.3) is 0 Å². The van der Waals surface area contributed by atoms with Gasteiger partial charge in [0.2, 0.25) is 0 Å². The van der Waals surface area contributed by atoms with Crippen molar-refractivity contribution in [2.75, 3.05) is 31.1 Å². The average Bonchev–Trinajstić information content (AvgIpc) is 2.49. The predicted octanol–water partition coefficient (Wildman–Crippen LogP) is 2.40. The van der Waals surface area contributed by atoms with Crippen molar-refractivity contribution in [1.29, 1.82) is 0 Å². The van der Waals surface area contributed by atoms with Crippen LogP contribution in [0, 0.1) is 0 Å². The lowest BCUT2D eigenvalue weighted by Crippen LogP contribution is -2.55. The van der Waals surface area contributed by atoms with Crippen LogP contribution < -0.4 is 5.32 Å². The number of piperazine rings is 1. The van der Waals surface area contributed by atoms with Gasteiger partial charge in [0.05, 0.1) is 0 Å². The molecule has 104 valence electrons. The van der Waals surface area contributed by atoms with Crippen molar-refractivity contribution in [3.05, 3.63) is 35.9 Å². The van der Waals surface area contributed by atoms with Crippen molar-refractivity contribution in [1.82, 2.24) is 10.2 Å². The monoisotopic (exact) mass is 276 g/mol. The van der Waals surface area contributed by atoms with Crippen LogP contribution >= 0.6 is 11.8 Å². The van der Waals surface area contributed by atoms with Crippen molar-refractivity contribution < 1.29 is 0 Å². The normalized spacial score (nSPS) is 26.4. The molecule has 0 aliphatic carbocycles. The summed E-state index contributed by atoms with van der Waals surface area (Å²) in [6, 6.07) is 12.4. The molecule has 2 aliphatic heterocycles. The molecule has 19 heavy (non-hydrogen) atoms. The van der Waals surface area contributed by atoms with Crippen molar-refractivity contribution in [2.45, 2.75) is 31.3 Å². The number of hydrogen-bond donors (Lipinski definition) is 1. The van der Waals surface area contributed by atoms with Crippen LogP contribution in [0.5, 0.6) is 0 Å². The van der Waals surface area contributed by atoms with Gasteiger partial charge in [0.1, 0.15) is 0 Å². The van der Waals surface area contributed by atoms with E-state index in [1.54, 1.807) is 0 Å². The maximum atomic E-state index is 3.69. The topological polar surface area (TPSA) is 15.3 Å². The van der Waals surface area contributed by atoms with E-state index in [1.165, 1.54) is 49.4 Å². The van der Waals surface area contributed by atoms with Gasteiger partial charge in [-0.1, -0.05) is 30.3 Å². The molecule has 1 aromatic rings. The van der Waals surface area contributed by atoms with Gasteiger partial charge in [-0.3, -0.25) is 4.90 Å². The molecule has 2 fully saturated rings. The van der Waals surface area contributed by atoms with Crippen LogP contribution in [0.25, 0.3) is 0 Å². The molecule has 1 N–H and O–H groups in total. The highest BCUT2D eigenvalue weighted by atomic mass is 32.2. The Morgan fingerprint density at radius 3 is 2.74 bits per heavy atom. The van der Waals surface area contributed by atoms with Crippen molar-refractivity contribution in [3.8, 4) is 0 Å². The molecule has 0 aromatic heterocycles. The molecule has 0 spiro atoms. The third-order valence-corrected chi connectivity index (χ3v) is 5.37. The summed E-state index contributed by atoms with van der Waals surface area (Å²) in [5.41, 5.74) is 1.46.